The minimum Gasteiger partial charge on any atom is -0.379 e. The van der Waals surface area contributed by atoms with E-state index in [0.717, 1.165) is 44.0 Å². The Labute approximate surface area is 116 Å². The molecule has 0 saturated carbocycles. The molecule has 1 aliphatic heterocycles. The smallest absolute Gasteiger partial charge is 0.379 e. The highest BCUT2D eigenvalue weighted by Gasteiger charge is 2.29. The SMILES string of the molecule is CC(/C=C/c1ccc(C(F)(F)F)cc1)N1CCOCC1. The number of alkyl halides is 3. The van der Waals surface area contributed by atoms with Gasteiger partial charge < -0.3 is 4.74 Å². The number of benzene rings is 1. The van der Waals surface area contributed by atoms with Crippen LogP contribution in [0.4, 0.5) is 13.2 Å². The number of morpholine rings is 1. The summed E-state index contributed by atoms with van der Waals surface area (Å²) in [4.78, 5) is 2.28. The number of nitrogens with zero attached hydrogens (tertiary/aromatic N) is 1. The Hall–Kier alpha value is -1.33. The third-order valence-corrected chi connectivity index (χ3v) is 3.43. The first-order valence-corrected chi connectivity index (χ1v) is 6.64. The number of hydrogen-bond acceptors (Lipinski definition) is 2. The number of hydrogen-bond donors (Lipinski definition) is 0. The van der Waals surface area contributed by atoms with Gasteiger partial charge in [0.1, 0.15) is 0 Å². The molecular weight excluding hydrogens is 267 g/mol. The first-order valence-electron chi connectivity index (χ1n) is 6.64. The van der Waals surface area contributed by atoms with Crippen LogP contribution < -0.4 is 0 Å². The second-order valence-corrected chi connectivity index (χ2v) is 4.87. The zero-order valence-corrected chi connectivity index (χ0v) is 11.4. The Morgan fingerprint density at radius 2 is 1.75 bits per heavy atom. The molecule has 1 unspecified atom stereocenters. The average Bonchev–Trinajstić information content (AvgIpc) is 2.45. The van der Waals surface area contributed by atoms with Crippen molar-refractivity contribution in [3.63, 3.8) is 0 Å². The Balaban J connectivity index is 1.96. The van der Waals surface area contributed by atoms with Crippen molar-refractivity contribution in [3.05, 3.63) is 41.5 Å². The lowest BCUT2D eigenvalue weighted by Crippen LogP contribution is -2.41. The van der Waals surface area contributed by atoms with Crippen LogP contribution in [0.1, 0.15) is 18.1 Å². The van der Waals surface area contributed by atoms with E-state index in [1.54, 1.807) is 0 Å². The van der Waals surface area contributed by atoms with Crippen LogP contribution in [0.5, 0.6) is 0 Å². The second kappa shape index (κ2) is 6.41. The van der Waals surface area contributed by atoms with Crippen molar-refractivity contribution < 1.29 is 17.9 Å². The number of halogens is 3. The van der Waals surface area contributed by atoms with Gasteiger partial charge in [-0.05, 0) is 24.6 Å². The van der Waals surface area contributed by atoms with Crippen molar-refractivity contribution in [3.8, 4) is 0 Å². The normalized spacial score (nSPS) is 19.4. The Morgan fingerprint density at radius 3 is 2.30 bits per heavy atom. The number of ether oxygens (including phenoxy) is 1. The topological polar surface area (TPSA) is 12.5 Å². The molecule has 1 fully saturated rings. The standard InChI is InChI=1S/C15H18F3NO/c1-12(19-8-10-20-11-9-19)2-3-13-4-6-14(7-5-13)15(16,17)18/h2-7,12H,8-11H2,1H3/b3-2+. The van der Waals surface area contributed by atoms with Gasteiger partial charge in [0, 0.05) is 19.1 Å². The fourth-order valence-electron chi connectivity index (χ4n) is 2.14. The third kappa shape index (κ3) is 4.08. The van der Waals surface area contributed by atoms with Gasteiger partial charge in [-0.25, -0.2) is 0 Å². The Bertz CT molecular complexity index is 447. The summed E-state index contributed by atoms with van der Waals surface area (Å²) in [6, 6.07) is 5.45. The average molecular weight is 285 g/mol. The highest BCUT2D eigenvalue weighted by Crippen LogP contribution is 2.29. The lowest BCUT2D eigenvalue weighted by atomic mass is 10.1. The van der Waals surface area contributed by atoms with E-state index in [9.17, 15) is 13.2 Å². The Morgan fingerprint density at radius 1 is 1.15 bits per heavy atom. The fourth-order valence-corrected chi connectivity index (χ4v) is 2.14. The van der Waals surface area contributed by atoms with Crippen molar-refractivity contribution in [2.75, 3.05) is 26.3 Å². The highest BCUT2D eigenvalue weighted by atomic mass is 19.4. The van der Waals surface area contributed by atoms with Crippen molar-refractivity contribution in [2.24, 2.45) is 0 Å². The predicted molar refractivity (Wildman–Crippen MR) is 72.3 cm³/mol. The molecule has 1 saturated heterocycles. The molecule has 0 bridgehead atoms. The first kappa shape index (κ1) is 15.1. The molecule has 0 radical (unpaired) electrons. The van der Waals surface area contributed by atoms with Gasteiger partial charge in [-0.1, -0.05) is 24.3 Å². The fraction of sp³-hybridized carbons (Fsp3) is 0.467. The predicted octanol–water partition coefficient (Wildman–Crippen LogP) is 3.44. The van der Waals surface area contributed by atoms with E-state index in [1.807, 2.05) is 12.2 Å². The Kier molecular flexibility index (Phi) is 4.83. The molecule has 0 aromatic heterocycles. The molecule has 1 aromatic rings. The molecule has 1 heterocycles. The van der Waals surface area contributed by atoms with Gasteiger partial charge in [0.2, 0.25) is 0 Å². The summed E-state index contributed by atoms with van der Waals surface area (Å²) in [6.07, 6.45) is -0.405. The van der Waals surface area contributed by atoms with Crippen molar-refractivity contribution in [1.82, 2.24) is 4.90 Å². The molecule has 2 rings (SSSR count). The van der Waals surface area contributed by atoms with Gasteiger partial charge in [0.05, 0.1) is 18.8 Å². The van der Waals surface area contributed by atoms with Crippen LogP contribution in [0.15, 0.2) is 30.3 Å². The van der Waals surface area contributed by atoms with Crippen LogP contribution in [0.3, 0.4) is 0 Å². The highest BCUT2D eigenvalue weighted by molar-refractivity contribution is 5.50. The molecule has 1 aliphatic rings. The van der Waals surface area contributed by atoms with E-state index in [-0.39, 0.29) is 6.04 Å². The minimum atomic E-state index is -4.27. The van der Waals surface area contributed by atoms with Gasteiger partial charge in [0.15, 0.2) is 0 Å². The lowest BCUT2D eigenvalue weighted by molar-refractivity contribution is -0.137. The molecule has 1 atom stereocenters. The van der Waals surface area contributed by atoms with E-state index in [0.29, 0.717) is 0 Å². The molecular formula is C15H18F3NO. The summed E-state index contributed by atoms with van der Waals surface area (Å²) >= 11 is 0. The van der Waals surface area contributed by atoms with Crippen LogP contribution in [-0.4, -0.2) is 37.2 Å². The second-order valence-electron chi connectivity index (χ2n) is 4.87. The first-order chi connectivity index (χ1) is 9.47. The molecule has 1 aromatic carbocycles. The quantitative estimate of drug-likeness (QED) is 0.843. The van der Waals surface area contributed by atoms with Crippen LogP contribution in [0, 0.1) is 0 Å². The van der Waals surface area contributed by atoms with Gasteiger partial charge >= 0.3 is 6.18 Å². The number of rotatable bonds is 3. The maximum Gasteiger partial charge on any atom is 0.416 e. The molecule has 0 N–H and O–H groups in total. The van der Waals surface area contributed by atoms with Crippen LogP contribution >= 0.6 is 0 Å². The minimum absolute atomic E-state index is 0.251. The zero-order valence-electron chi connectivity index (χ0n) is 11.4. The summed E-state index contributed by atoms with van der Waals surface area (Å²) in [5, 5.41) is 0. The van der Waals surface area contributed by atoms with Crippen LogP contribution in [-0.2, 0) is 10.9 Å². The molecule has 0 aliphatic carbocycles. The molecule has 20 heavy (non-hydrogen) atoms. The van der Waals surface area contributed by atoms with Crippen LogP contribution in [0.25, 0.3) is 6.08 Å². The van der Waals surface area contributed by atoms with Gasteiger partial charge in [-0.15, -0.1) is 0 Å². The maximum atomic E-state index is 12.4. The van der Waals surface area contributed by atoms with Crippen molar-refractivity contribution in [1.29, 1.82) is 0 Å². The summed E-state index contributed by atoms with van der Waals surface area (Å²) in [5.74, 6) is 0. The van der Waals surface area contributed by atoms with Gasteiger partial charge in [-0.2, -0.15) is 13.2 Å². The van der Waals surface area contributed by atoms with E-state index in [1.165, 1.54) is 12.1 Å². The summed E-state index contributed by atoms with van der Waals surface area (Å²) < 4.78 is 42.6. The van der Waals surface area contributed by atoms with E-state index in [2.05, 4.69) is 11.8 Å². The molecule has 5 heteroatoms. The van der Waals surface area contributed by atoms with Gasteiger partial charge in [0.25, 0.3) is 0 Å². The van der Waals surface area contributed by atoms with Gasteiger partial charge in [-0.3, -0.25) is 4.90 Å². The third-order valence-electron chi connectivity index (χ3n) is 3.43. The summed E-state index contributed by atoms with van der Waals surface area (Å²) in [6.45, 7) is 5.32. The molecule has 2 nitrogen and oxygen atoms in total. The maximum absolute atomic E-state index is 12.4. The molecule has 0 amide bonds. The lowest BCUT2D eigenvalue weighted by Gasteiger charge is -2.30. The zero-order chi connectivity index (χ0) is 14.6. The van der Waals surface area contributed by atoms with E-state index < -0.39 is 11.7 Å². The van der Waals surface area contributed by atoms with Crippen molar-refractivity contribution >= 4 is 6.08 Å². The van der Waals surface area contributed by atoms with E-state index >= 15 is 0 Å². The largest absolute Gasteiger partial charge is 0.416 e. The monoisotopic (exact) mass is 285 g/mol. The van der Waals surface area contributed by atoms with E-state index in [4.69, 9.17) is 4.74 Å². The van der Waals surface area contributed by atoms with Crippen molar-refractivity contribution in [2.45, 2.75) is 19.1 Å². The summed E-state index contributed by atoms with van der Waals surface area (Å²) in [7, 11) is 0. The van der Waals surface area contributed by atoms with Crippen LogP contribution in [0.2, 0.25) is 0 Å². The molecule has 110 valence electrons. The summed E-state index contributed by atoms with van der Waals surface area (Å²) in [5.41, 5.74) is 0.161. The molecule has 0 spiro atoms.